The summed E-state index contributed by atoms with van der Waals surface area (Å²) in [5.74, 6) is -1.34. The van der Waals surface area contributed by atoms with Crippen LogP contribution in [0.15, 0.2) is 29.2 Å². The molecule has 0 unspecified atom stereocenters. The molecule has 2 rings (SSSR count). The summed E-state index contributed by atoms with van der Waals surface area (Å²) in [5.41, 5.74) is -1.70. The summed E-state index contributed by atoms with van der Waals surface area (Å²) in [6.07, 6.45) is 0.409. The monoisotopic (exact) mass is 447 g/mol. The van der Waals surface area contributed by atoms with Crippen molar-refractivity contribution in [3.63, 3.8) is 0 Å². The lowest BCUT2D eigenvalue weighted by Gasteiger charge is -2.20. The molecular formula is C20H25N5O7. The van der Waals surface area contributed by atoms with Gasteiger partial charge in [0.05, 0.1) is 22.5 Å². The topological polar surface area (TPSA) is 166 Å². The average molecular weight is 447 g/mol. The van der Waals surface area contributed by atoms with Crippen LogP contribution in [0.2, 0.25) is 0 Å². The first-order valence-electron chi connectivity index (χ1n) is 9.65. The van der Waals surface area contributed by atoms with Crippen LogP contribution < -0.4 is 16.2 Å². The minimum atomic E-state index is -1.28. The normalized spacial score (nSPS) is 11.2. The maximum atomic E-state index is 12.8. The lowest BCUT2D eigenvalue weighted by molar-refractivity contribution is -0.384. The number of nitro benzene ring substituents is 1. The van der Waals surface area contributed by atoms with Crippen LogP contribution in [0.3, 0.4) is 0 Å². The number of carboxylic acid groups (broad SMARTS) is 1. The number of non-ortho nitro benzene ring substituents is 1. The number of ether oxygens (including phenoxy) is 1. The fraction of sp³-hybridized carbons (Fsp3) is 0.400. The van der Waals surface area contributed by atoms with Crippen molar-refractivity contribution in [2.24, 2.45) is 0 Å². The number of aliphatic carboxylic acids is 1. The Balaban J connectivity index is 2.62. The maximum Gasteiger partial charge on any atom is 0.412 e. The largest absolute Gasteiger partial charge is 0.480 e. The molecule has 1 amide bonds. The van der Waals surface area contributed by atoms with Crippen molar-refractivity contribution in [2.45, 2.75) is 52.8 Å². The van der Waals surface area contributed by atoms with Crippen molar-refractivity contribution in [2.75, 3.05) is 10.6 Å². The van der Waals surface area contributed by atoms with Gasteiger partial charge in [-0.05, 0) is 40.7 Å². The zero-order valence-corrected chi connectivity index (χ0v) is 18.3. The van der Waals surface area contributed by atoms with Crippen molar-refractivity contribution in [1.29, 1.82) is 0 Å². The lowest BCUT2D eigenvalue weighted by atomic mass is 10.1. The van der Waals surface area contributed by atoms with Crippen LogP contribution in [0.1, 0.15) is 34.6 Å². The van der Waals surface area contributed by atoms with Gasteiger partial charge in [-0.2, -0.15) is 0 Å². The second-order valence-corrected chi connectivity index (χ2v) is 8.23. The Bertz CT molecular complexity index is 1100. The molecule has 0 aliphatic heterocycles. The van der Waals surface area contributed by atoms with Crippen molar-refractivity contribution in [3.05, 3.63) is 44.9 Å². The number of nitrogens with one attached hydrogen (secondary N) is 2. The molecule has 0 saturated heterocycles. The number of rotatable bonds is 7. The Kier molecular flexibility index (Phi) is 7.18. The summed E-state index contributed by atoms with van der Waals surface area (Å²) < 4.78 is 6.10. The number of carbonyl (C=O) groups excluding carboxylic acids is 1. The predicted molar refractivity (Wildman–Crippen MR) is 117 cm³/mol. The van der Waals surface area contributed by atoms with E-state index in [4.69, 9.17) is 4.74 Å². The highest BCUT2D eigenvalue weighted by molar-refractivity contribution is 5.87. The smallest absolute Gasteiger partial charge is 0.412 e. The molecule has 12 nitrogen and oxygen atoms in total. The van der Waals surface area contributed by atoms with Gasteiger partial charge in [0, 0.05) is 23.7 Å². The highest BCUT2D eigenvalue weighted by atomic mass is 16.6. The number of nitrogens with zero attached hydrogens (tertiary/aromatic N) is 3. The van der Waals surface area contributed by atoms with Gasteiger partial charge in [-0.15, -0.1) is 0 Å². The molecule has 172 valence electrons. The summed E-state index contributed by atoms with van der Waals surface area (Å²) in [6, 6.07) is 3.50. The van der Waals surface area contributed by atoms with Gasteiger partial charge in [0.1, 0.15) is 12.1 Å². The van der Waals surface area contributed by atoms with Crippen LogP contribution in [0, 0.1) is 10.1 Å². The molecule has 12 heteroatoms. The third kappa shape index (κ3) is 6.52. The van der Waals surface area contributed by atoms with E-state index in [-0.39, 0.29) is 34.5 Å². The lowest BCUT2D eigenvalue weighted by Crippen LogP contribution is -2.30. The molecule has 32 heavy (non-hydrogen) atoms. The van der Waals surface area contributed by atoms with E-state index in [9.17, 15) is 29.6 Å². The molecule has 3 N–H and O–H groups in total. The molecule has 0 bridgehead atoms. The van der Waals surface area contributed by atoms with Gasteiger partial charge in [-0.1, -0.05) is 0 Å². The summed E-state index contributed by atoms with van der Waals surface area (Å²) in [5, 5.41) is 26.0. The molecule has 1 heterocycles. The first kappa shape index (κ1) is 24.3. The zero-order chi connectivity index (χ0) is 24.2. The Morgan fingerprint density at radius 3 is 2.47 bits per heavy atom. The second-order valence-electron chi connectivity index (χ2n) is 8.23. The molecule has 0 radical (unpaired) electrons. The maximum absolute atomic E-state index is 12.8. The van der Waals surface area contributed by atoms with Crippen LogP contribution in [0.4, 0.5) is 22.0 Å². The molecule has 1 aromatic heterocycles. The van der Waals surface area contributed by atoms with Crippen molar-refractivity contribution < 1.29 is 24.4 Å². The van der Waals surface area contributed by atoms with Gasteiger partial charge in [-0.3, -0.25) is 29.6 Å². The number of anilines is 2. The predicted octanol–water partition coefficient (Wildman–Crippen LogP) is 3.07. The number of nitro groups is 1. The standard InChI is InChI=1S/C20H25N5O7/c1-11(2)22-17-18(28)24(10-16(26)27)15(9-21-17)12-6-13(8-14(7-12)25(30)31)23-19(29)32-20(3,4)5/h6-9,11H,10H2,1-5H3,(H,21,22)(H,23,29)(H,26,27). The summed E-state index contributed by atoms with van der Waals surface area (Å²) in [6.45, 7) is 7.86. The summed E-state index contributed by atoms with van der Waals surface area (Å²) >= 11 is 0. The third-order valence-electron chi connectivity index (χ3n) is 3.84. The minimum Gasteiger partial charge on any atom is -0.480 e. The molecule has 0 saturated carbocycles. The molecule has 0 spiro atoms. The Labute approximate surface area is 183 Å². The first-order chi connectivity index (χ1) is 14.8. The number of hydrogen-bond acceptors (Lipinski definition) is 8. The quantitative estimate of drug-likeness (QED) is 0.427. The van der Waals surface area contributed by atoms with Crippen molar-refractivity contribution in [1.82, 2.24) is 9.55 Å². The average Bonchev–Trinajstić information content (AvgIpc) is 2.62. The van der Waals surface area contributed by atoms with E-state index < -0.39 is 34.7 Å². The van der Waals surface area contributed by atoms with Gasteiger partial charge >= 0.3 is 12.1 Å². The van der Waals surface area contributed by atoms with Gasteiger partial charge in [0.15, 0.2) is 5.82 Å². The molecule has 0 aliphatic rings. The van der Waals surface area contributed by atoms with E-state index >= 15 is 0 Å². The van der Waals surface area contributed by atoms with E-state index in [0.717, 1.165) is 16.7 Å². The summed E-state index contributed by atoms with van der Waals surface area (Å²) in [4.78, 5) is 51.1. The van der Waals surface area contributed by atoms with E-state index in [1.165, 1.54) is 12.3 Å². The van der Waals surface area contributed by atoms with E-state index in [1.807, 2.05) is 0 Å². The molecule has 0 fully saturated rings. The van der Waals surface area contributed by atoms with Gasteiger partial charge < -0.3 is 15.2 Å². The third-order valence-corrected chi connectivity index (χ3v) is 3.84. The minimum absolute atomic E-state index is 0.0298. The van der Waals surface area contributed by atoms with Crippen molar-refractivity contribution >= 4 is 29.3 Å². The number of benzene rings is 1. The Hall–Kier alpha value is -3.96. The SMILES string of the molecule is CC(C)Nc1ncc(-c2cc(NC(=O)OC(C)(C)C)cc([N+](=O)[O-])c2)n(CC(=O)O)c1=O. The van der Waals surface area contributed by atoms with E-state index in [1.54, 1.807) is 34.6 Å². The highest BCUT2D eigenvalue weighted by Gasteiger charge is 2.21. The van der Waals surface area contributed by atoms with Crippen LogP contribution >= 0.6 is 0 Å². The van der Waals surface area contributed by atoms with Crippen LogP contribution in [0.5, 0.6) is 0 Å². The molecular weight excluding hydrogens is 422 g/mol. The fourth-order valence-corrected chi connectivity index (χ4v) is 2.74. The first-order valence-corrected chi connectivity index (χ1v) is 9.65. The van der Waals surface area contributed by atoms with Gasteiger partial charge in [-0.25, -0.2) is 9.78 Å². The second kappa shape index (κ2) is 9.45. The molecule has 1 aromatic carbocycles. The number of carbonyl (C=O) groups is 2. The number of amides is 1. The number of aromatic nitrogens is 2. The zero-order valence-electron chi connectivity index (χ0n) is 18.3. The van der Waals surface area contributed by atoms with Crippen molar-refractivity contribution in [3.8, 4) is 11.3 Å². The Morgan fingerprint density at radius 1 is 1.28 bits per heavy atom. The van der Waals surface area contributed by atoms with Crippen LogP contribution in [-0.2, 0) is 16.1 Å². The molecule has 0 atom stereocenters. The fourth-order valence-electron chi connectivity index (χ4n) is 2.74. The number of hydrogen-bond donors (Lipinski definition) is 3. The van der Waals surface area contributed by atoms with Crippen LogP contribution in [0.25, 0.3) is 11.3 Å². The highest BCUT2D eigenvalue weighted by Crippen LogP contribution is 2.28. The molecule has 0 aliphatic carbocycles. The van der Waals surface area contributed by atoms with Crippen LogP contribution in [-0.4, -0.2) is 43.3 Å². The molecule has 2 aromatic rings. The Morgan fingerprint density at radius 2 is 1.94 bits per heavy atom. The van der Waals surface area contributed by atoms with Gasteiger partial charge in [0.2, 0.25) is 0 Å². The van der Waals surface area contributed by atoms with E-state index in [2.05, 4.69) is 15.6 Å². The van der Waals surface area contributed by atoms with E-state index in [0.29, 0.717) is 0 Å². The summed E-state index contributed by atoms with van der Waals surface area (Å²) in [7, 11) is 0. The van der Waals surface area contributed by atoms with Gasteiger partial charge in [0.25, 0.3) is 11.2 Å². The number of carboxylic acids is 1.